The Morgan fingerprint density at radius 2 is 1.22 bits per heavy atom. The smallest absolute Gasteiger partial charge is 0.166 e. The highest BCUT2D eigenvalue weighted by Crippen LogP contribution is 2.28. The summed E-state index contributed by atoms with van der Waals surface area (Å²) >= 11 is 0. The monoisotopic (exact) mass is 442 g/mol. The van der Waals surface area contributed by atoms with Gasteiger partial charge in [0.1, 0.15) is 0 Å². The fourth-order valence-electron chi connectivity index (χ4n) is 4.74. The molecule has 6 heteroatoms. The summed E-state index contributed by atoms with van der Waals surface area (Å²) in [6, 6.07) is 11.4. The van der Waals surface area contributed by atoms with Crippen molar-refractivity contribution in [1.29, 1.82) is 0 Å². The van der Waals surface area contributed by atoms with Crippen molar-refractivity contribution in [3.63, 3.8) is 0 Å². The second kappa shape index (κ2) is 10.8. The zero-order valence-corrected chi connectivity index (χ0v) is 19.5. The maximum Gasteiger partial charge on any atom is 0.166 e. The predicted octanol–water partition coefficient (Wildman–Crippen LogP) is 3.91. The van der Waals surface area contributed by atoms with Crippen molar-refractivity contribution in [3.8, 4) is 11.1 Å². The number of nitrogens with zero attached hydrogens (tertiary/aromatic N) is 4. The zero-order chi connectivity index (χ0) is 22.5. The van der Waals surface area contributed by atoms with E-state index in [1.54, 1.807) is 12.1 Å². The number of halogens is 2. The Labute approximate surface area is 191 Å². The van der Waals surface area contributed by atoms with E-state index in [0.29, 0.717) is 17.7 Å². The fourth-order valence-corrected chi connectivity index (χ4v) is 4.74. The van der Waals surface area contributed by atoms with E-state index in [1.807, 2.05) is 24.3 Å². The molecule has 0 amide bonds. The molecule has 2 aliphatic heterocycles. The van der Waals surface area contributed by atoms with Crippen LogP contribution in [-0.2, 0) is 13.1 Å². The van der Waals surface area contributed by atoms with Crippen LogP contribution in [0.1, 0.15) is 24.0 Å². The summed E-state index contributed by atoms with van der Waals surface area (Å²) in [5, 5.41) is 0. The summed E-state index contributed by atoms with van der Waals surface area (Å²) in [5.41, 5.74) is 2.72. The molecule has 0 bridgehead atoms. The van der Waals surface area contributed by atoms with Crippen molar-refractivity contribution in [3.05, 3.63) is 59.2 Å². The SMILES string of the molecule is CN1CCCN(Cc2ccc(-c3ccc(CN4CCCN(C)CC4)c(F)c3F)cc2)CC1. The molecule has 2 aliphatic rings. The van der Waals surface area contributed by atoms with Crippen LogP contribution >= 0.6 is 0 Å². The van der Waals surface area contributed by atoms with Crippen LogP contribution in [0.5, 0.6) is 0 Å². The normalized spacial score (nSPS) is 20.2. The molecular weight excluding hydrogens is 406 g/mol. The van der Waals surface area contributed by atoms with Gasteiger partial charge >= 0.3 is 0 Å². The van der Waals surface area contributed by atoms with Crippen LogP contribution in [-0.4, -0.2) is 86.1 Å². The van der Waals surface area contributed by atoms with E-state index >= 15 is 0 Å². The topological polar surface area (TPSA) is 13.0 Å². The minimum atomic E-state index is -0.738. The minimum absolute atomic E-state index is 0.338. The van der Waals surface area contributed by atoms with Crippen LogP contribution in [0.2, 0.25) is 0 Å². The van der Waals surface area contributed by atoms with Crippen LogP contribution in [0.25, 0.3) is 11.1 Å². The Balaban J connectivity index is 1.42. The van der Waals surface area contributed by atoms with E-state index in [2.05, 4.69) is 33.7 Å². The van der Waals surface area contributed by atoms with Crippen molar-refractivity contribution in [1.82, 2.24) is 19.6 Å². The Kier molecular flexibility index (Phi) is 7.89. The molecule has 0 radical (unpaired) electrons. The third-order valence-corrected chi connectivity index (χ3v) is 6.85. The molecule has 2 fully saturated rings. The van der Waals surface area contributed by atoms with Crippen molar-refractivity contribution in [2.24, 2.45) is 0 Å². The molecule has 0 aromatic heterocycles. The van der Waals surface area contributed by atoms with Gasteiger partial charge in [0.05, 0.1) is 0 Å². The van der Waals surface area contributed by atoms with Crippen LogP contribution in [0.3, 0.4) is 0 Å². The molecule has 2 aromatic rings. The molecule has 32 heavy (non-hydrogen) atoms. The van der Waals surface area contributed by atoms with Gasteiger partial charge in [-0.25, -0.2) is 8.78 Å². The molecule has 2 heterocycles. The minimum Gasteiger partial charge on any atom is -0.305 e. The third-order valence-electron chi connectivity index (χ3n) is 6.85. The molecule has 174 valence electrons. The second-order valence-corrected chi connectivity index (χ2v) is 9.46. The molecule has 2 aromatic carbocycles. The summed E-state index contributed by atoms with van der Waals surface area (Å²) in [6.07, 6.45) is 2.23. The summed E-state index contributed by atoms with van der Waals surface area (Å²) < 4.78 is 29.9. The fraction of sp³-hybridized carbons (Fsp3) is 0.538. The van der Waals surface area contributed by atoms with Crippen LogP contribution in [0, 0.1) is 11.6 Å². The van der Waals surface area contributed by atoms with E-state index < -0.39 is 11.6 Å². The first-order valence-corrected chi connectivity index (χ1v) is 11.9. The average Bonchev–Trinajstić information content (AvgIpc) is 3.12. The molecule has 0 N–H and O–H groups in total. The Morgan fingerprint density at radius 3 is 1.84 bits per heavy atom. The van der Waals surface area contributed by atoms with Crippen LogP contribution < -0.4 is 0 Å². The number of benzene rings is 2. The van der Waals surface area contributed by atoms with Gasteiger partial charge in [0.25, 0.3) is 0 Å². The highest BCUT2D eigenvalue weighted by atomic mass is 19.2. The maximum atomic E-state index is 15.0. The molecule has 0 unspecified atom stereocenters. The van der Waals surface area contributed by atoms with Gasteiger partial charge < -0.3 is 9.80 Å². The Morgan fingerprint density at radius 1 is 0.625 bits per heavy atom. The van der Waals surface area contributed by atoms with E-state index in [9.17, 15) is 8.78 Å². The quantitative estimate of drug-likeness (QED) is 0.696. The number of likely N-dealkylation sites (N-methyl/N-ethyl adjacent to an activating group) is 2. The molecule has 4 rings (SSSR count). The standard InChI is InChI=1S/C26H36F2N4/c1-29-11-3-13-31(17-15-29)19-21-5-7-22(8-6-21)24-10-9-23(25(27)26(24)28)20-32-14-4-12-30(2)16-18-32/h5-10H,3-4,11-20H2,1-2H3. The molecular formula is C26H36F2N4. The van der Waals surface area contributed by atoms with Crippen molar-refractivity contribution in [2.75, 3.05) is 66.5 Å². The highest BCUT2D eigenvalue weighted by molar-refractivity contribution is 5.65. The first-order chi connectivity index (χ1) is 15.5. The van der Waals surface area contributed by atoms with Crippen molar-refractivity contribution in [2.45, 2.75) is 25.9 Å². The predicted molar refractivity (Wildman–Crippen MR) is 127 cm³/mol. The number of hydrogen-bond acceptors (Lipinski definition) is 4. The molecule has 4 nitrogen and oxygen atoms in total. The van der Waals surface area contributed by atoms with Gasteiger partial charge in [0, 0.05) is 50.4 Å². The second-order valence-electron chi connectivity index (χ2n) is 9.46. The van der Waals surface area contributed by atoms with E-state index in [0.717, 1.165) is 70.9 Å². The first kappa shape index (κ1) is 23.3. The van der Waals surface area contributed by atoms with Crippen LogP contribution in [0.15, 0.2) is 36.4 Å². The summed E-state index contributed by atoms with van der Waals surface area (Å²) in [6.45, 7) is 9.56. The third kappa shape index (κ3) is 5.93. The van der Waals surface area contributed by atoms with Crippen molar-refractivity contribution >= 4 is 0 Å². The first-order valence-electron chi connectivity index (χ1n) is 11.9. The Bertz CT molecular complexity index is 886. The summed E-state index contributed by atoms with van der Waals surface area (Å²) in [7, 11) is 4.28. The van der Waals surface area contributed by atoms with E-state index in [-0.39, 0.29) is 0 Å². The van der Waals surface area contributed by atoms with Gasteiger partial charge in [-0.15, -0.1) is 0 Å². The molecule has 0 spiro atoms. The maximum absolute atomic E-state index is 15.0. The molecule has 0 saturated carbocycles. The molecule has 0 atom stereocenters. The molecule has 2 saturated heterocycles. The lowest BCUT2D eigenvalue weighted by Gasteiger charge is -2.21. The number of rotatable bonds is 5. The van der Waals surface area contributed by atoms with Gasteiger partial charge in [-0.1, -0.05) is 36.4 Å². The molecule has 0 aliphatic carbocycles. The van der Waals surface area contributed by atoms with Gasteiger partial charge in [-0.05, 0) is 64.2 Å². The van der Waals surface area contributed by atoms with E-state index in [1.165, 1.54) is 12.0 Å². The lowest BCUT2D eigenvalue weighted by Crippen LogP contribution is -2.29. The van der Waals surface area contributed by atoms with Gasteiger partial charge in [0.2, 0.25) is 0 Å². The number of hydrogen-bond donors (Lipinski definition) is 0. The average molecular weight is 443 g/mol. The van der Waals surface area contributed by atoms with Gasteiger partial charge in [-0.3, -0.25) is 9.80 Å². The summed E-state index contributed by atoms with van der Waals surface area (Å²) in [5.74, 6) is -1.45. The van der Waals surface area contributed by atoms with E-state index in [4.69, 9.17) is 0 Å². The lowest BCUT2D eigenvalue weighted by molar-refractivity contribution is 0.265. The zero-order valence-electron chi connectivity index (χ0n) is 19.5. The van der Waals surface area contributed by atoms with Gasteiger partial charge in [0.15, 0.2) is 11.6 Å². The highest BCUT2D eigenvalue weighted by Gasteiger charge is 2.19. The van der Waals surface area contributed by atoms with Gasteiger partial charge in [-0.2, -0.15) is 0 Å². The Hall–Kier alpha value is -1.86. The van der Waals surface area contributed by atoms with Crippen molar-refractivity contribution < 1.29 is 8.78 Å². The summed E-state index contributed by atoms with van der Waals surface area (Å²) in [4.78, 5) is 9.34. The van der Waals surface area contributed by atoms with Crippen LogP contribution in [0.4, 0.5) is 8.78 Å². The lowest BCUT2D eigenvalue weighted by atomic mass is 10.0. The largest absolute Gasteiger partial charge is 0.305 e.